The zero-order valence-corrected chi connectivity index (χ0v) is 13.1. The molecular weight excluding hydrogens is 262 g/mol. The Morgan fingerprint density at radius 1 is 1.17 bits per heavy atom. The van der Waals surface area contributed by atoms with Crippen molar-refractivity contribution in [3.05, 3.63) is 34.9 Å². The Balaban J connectivity index is 2.37. The van der Waals surface area contributed by atoms with E-state index in [1.807, 2.05) is 12.1 Å². The number of nitrogens with zero attached hydrogens (tertiary/aromatic N) is 1. The van der Waals surface area contributed by atoms with Gasteiger partial charge in [-0.2, -0.15) is 12.6 Å². The van der Waals surface area contributed by atoms with Crippen LogP contribution in [0.3, 0.4) is 0 Å². The van der Waals surface area contributed by atoms with Crippen LogP contribution in [0.25, 0.3) is 0 Å². The third-order valence-electron chi connectivity index (χ3n) is 3.44. The molecule has 0 radical (unpaired) electrons. The van der Waals surface area contributed by atoms with E-state index in [2.05, 4.69) is 43.6 Å². The lowest BCUT2D eigenvalue weighted by atomic mass is 10.1. The topological polar surface area (TPSA) is 3.24 Å². The molecule has 0 aromatic heterocycles. The lowest BCUT2D eigenvalue weighted by molar-refractivity contribution is 0.255. The van der Waals surface area contributed by atoms with Crippen molar-refractivity contribution in [2.45, 2.75) is 38.6 Å². The van der Waals surface area contributed by atoms with E-state index in [1.54, 1.807) is 0 Å². The summed E-state index contributed by atoms with van der Waals surface area (Å²) in [5.74, 6) is 1.01. The number of halogens is 1. The van der Waals surface area contributed by atoms with Crippen molar-refractivity contribution in [2.24, 2.45) is 0 Å². The fraction of sp³-hybridized carbons (Fsp3) is 0.600. The minimum Gasteiger partial charge on any atom is -0.300 e. The highest BCUT2D eigenvalue weighted by Crippen LogP contribution is 2.26. The molecule has 1 aromatic carbocycles. The molecule has 0 heterocycles. The number of benzene rings is 1. The van der Waals surface area contributed by atoms with E-state index in [-0.39, 0.29) is 0 Å². The van der Waals surface area contributed by atoms with Crippen LogP contribution in [0.1, 0.15) is 44.2 Å². The SMILES string of the molecule is CC(c1ccccc1Cl)N(C)CCCCCCS. The maximum absolute atomic E-state index is 6.23. The smallest absolute Gasteiger partial charge is 0.0453 e. The molecule has 1 unspecified atom stereocenters. The number of thiol groups is 1. The number of hydrogen-bond acceptors (Lipinski definition) is 2. The van der Waals surface area contributed by atoms with Gasteiger partial charge in [0.15, 0.2) is 0 Å². The van der Waals surface area contributed by atoms with Gasteiger partial charge < -0.3 is 0 Å². The normalized spacial score (nSPS) is 12.9. The molecule has 1 rings (SSSR count). The first-order valence-electron chi connectivity index (χ1n) is 6.72. The second-order valence-electron chi connectivity index (χ2n) is 4.82. The van der Waals surface area contributed by atoms with Gasteiger partial charge in [0.05, 0.1) is 0 Å². The van der Waals surface area contributed by atoms with Gasteiger partial charge in [0, 0.05) is 11.1 Å². The standard InChI is InChI=1S/C15H24ClNS/c1-13(14-9-5-6-10-15(14)16)17(2)11-7-3-4-8-12-18/h5-6,9-10,13,18H,3-4,7-8,11-12H2,1-2H3. The maximum Gasteiger partial charge on any atom is 0.0453 e. The highest BCUT2D eigenvalue weighted by molar-refractivity contribution is 7.80. The fourth-order valence-corrected chi connectivity index (χ4v) is 2.59. The zero-order valence-electron chi connectivity index (χ0n) is 11.4. The first-order chi connectivity index (χ1) is 8.66. The van der Waals surface area contributed by atoms with E-state index in [9.17, 15) is 0 Å². The fourth-order valence-electron chi connectivity index (χ4n) is 2.07. The summed E-state index contributed by atoms with van der Waals surface area (Å²) in [6, 6.07) is 8.50. The molecule has 0 fully saturated rings. The van der Waals surface area contributed by atoms with Crippen LogP contribution < -0.4 is 0 Å². The molecule has 0 aliphatic rings. The Morgan fingerprint density at radius 3 is 2.50 bits per heavy atom. The quantitative estimate of drug-likeness (QED) is 0.529. The summed E-state index contributed by atoms with van der Waals surface area (Å²) in [4.78, 5) is 2.38. The highest BCUT2D eigenvalue weighted by atomic mass is 35.5. The number of rotatable bonds is 8. The molecule has 3 heteroatoms. The van der Waals surface area contributed by atoms with Gasteiger partial charge in [0.2, 0.25) is 0 Å². The van der Waals surface area contributed by atoms with E-state index in [4.69, 9.17) is 11.6 Å². The Kier molecular flexibility index (Phi) is 7.80. The van der Waals surface area contributed by atoms with Gasteiger partial charge in [-0.25, -0.2) is 0 Å². The average Bonchev–Trinajstić information content (AvgIpc) is 2.38. The van der Waals surface area contributed by atoms with Gasteiger partial charge in [-0.05, 0) is 50.7 Å². The predicted molar refractivity (Wildman–Crippen MR) is 84.8 cm³/mol. The maximum atomic E-state index is 6.23. The molecule has 102 valence electrons. The lowest BCUT2D eigenvalue weighted by Gasteiger charge is -2.25. The van der Waals surface area contributed by atoms with Gasteiger partial charge in [0.25, 0.3) is 0 Å². The van der Waals surface area contributed by atoms with Crippen molar-refractivity contribution in [1.29, 1.82) is 0 Å². The van der Waals surface area contributed by atoms with Crippen molar-refractivity contribution in [1.82, 2.24) is 4.90 Å². The minimum atomic E-state index is 0.378. The monoisotopic (exact) mass is 285 g/mol. The van der Waals surface area contributed by atoms with Crippen LogP contribution in [0, 0.1) is 0 Å². The molecular formula is C15H24ClNS. The first-order valence-corrected chi connectivity index (χ1v) is 7.73. The largest absolute Gasteiger partial charge is 0.300 e. The summed E-state index contributed by atoms with van der Waals surface area (Å²) >= 11 is 10.5. The van der Waals surface area contributed by atoms with Crippen LogP contribution in [0.5, 0.6) is 0 Å². The van der Waals surface area contributed by atoms with Gasteiger partial charge in [-0.15, -0.1) is 0 Å². The summed E-state index contributed by atoms with van der Waals surface area (Å²) in [5, 5.41) is 0.868. The van der Waals surface area contributed by atoms with Crippen LogP contribution in [-0.2, 0) is 0 Å². The minimum absolute atomic E-state index is 0.378. The van der Waals surface area contributed by atoms with E-state index in [0.29, 0.717) is 6.04 Å². The van der Waals surface area contributed by atoms with Crippen molar-refractivity contribution < 1.29 is 0 Å². The third kappa shape index (κ3) is 5.21. The molecule has 0 aliphatic carbocycles. The third-order valence-corrected chi connectivity index (χ3v) is 4.10. The molecule has 0 aliphatic heterocycles. The average molecular weight is 286 g/mol. The zero-order chi connectivity index (χ0) is 13.4. The van der Waals surface area contributed by atoms with Crippen molar-refractivity contribution >= 4 is 24.2 Å². The van der Waals surface area contributed by atoms with Gasteiger partial charge in [-0.3, -0.25) is 4.90 Å². The van der Waals surface area contributed by atoms with Crippen LogP contribution >= 0.6 is 24.2 Å². The lowest BCUT2D eigenvalue weighted by Crippen LogP contribution is -2.23. The predicted octanol–water partition coefficient (Wildman–Crippen LogP) is 4.82. The van der Waals surface area contributed by atoms with Crippen molar-refractivity contribution in [3.8, 4) is 0 Å². The van der Waals surface area contributed by atoms with Crippen molar-refractivity contribution in [3.63, 3.8) is 0 Å². The summed E-state index contributed by atoms with van der Waals surface area (Å²) < 4.78 is 0. The number of hydrogen-bond donors (Lipinski definition) is 1. The van der Waals surface area contributed by atoms with E-state index < -0.39 is 0 Å². The van der Waals surface area contributed by atoms with E-state index in [0.717, 1.165) is 17.3 Å². The molecule has 0 bridgehead atoms. The number of unbranched alkanes of at least 4 members (excludes halogenated alkanes) is 3. The molecule has 18 heavy (non-hydrogen) atoms. The Hall–Kier alpha value is -0.180. The molecule has 1 nitrogen and oxygen atoms in total. The molecule has 0 saturated carbocycles. The summed E-state index contributed by atoms with van der Waals surface area (Å²) in [6.07, 6.45) is 5.06. The van der Waals surface area contributed by atoms with Gasteiger partial charge >= 0.3 is 0 Å². The Bertz CT molecular complexity index is 343. The van der Waals surface area contributed by atoms with Crippen LogP contribution in [0.2, 0.25) is 5.02 Å². The molecule has 1 aromatic rings. The summed E-state index contributed by atoms with van der Waals surface area (Å²) in [7, 11) is 2.17. The van der Waals surface area contributed by atoms with Crippen molar-refractivity contribution in [2.75, 3.05) is 19.3 Å². The molecule has 0 N–H and O–H groups in total. The second kappa shape index (κ2) is 8.84. The highest BCUT2D eigenvalue weighted by Gasteiger charge is 2.13. The molecule has 0 saturated heterocycles. The van der Waals surface area contributed by atoms with Gasteiger partial charge in [-0.1, -0.05) is 42.6 Å². The van der Waals surface area contributed by atoms with Crippen LogP contribution in [0.15, 0.2) is 24.3 Å². The summed E-state index contributed by atoms with van der Waals surface area (Å²) in [6.45, 7) is 3.34. The molecule has 1 atom stereocenters. The van der Waals surface area contributed by atoms with E-state index >= 15 is 0 Å². The Labute approximate surface area is 122 Å². The van der Waals surface area contributed by atoms with Crippen LogP contribution in [0.4, 0.5) is 0 Å². The van der Waals surface area contributed by atoms with Gasteiger partial charge in [0.1, 0.15) is 0 Å². The first kappa shape index (κ1) is 15.9. The van der Waals surface area contributed by atoms with Crippen LogP contribution in [-0.4, -0.2) is 24.2 Å². The second-order valence-corrected chi connectivity index (χ2v) is 5.67. The molecule has 0 spiro atoms. The van der Waals surface area contributed by atoms with E-state index in [1.165, 1.54) is 31.2 Å². The Morgan fingerprint density at radius 2 is 1.83 bits per heavy atom. The molecule has 0 amide bonds. The summed E-state index contributed by atoms with van der Waals surface area (Å²) in [5.41, 5.74) is 1.22.